The van der Waals surface area contributed by atoms with Crippen molar-refractivity contribution in [2.24, 2.45) is 0 Å². The van der Waals surface area contributed by atoms with Crippen molar-refractivity contribution in [3.63, 3.8) is 0 Å². The third-order valence-corrected chi connectivity index (χ3v) is 5.42. The van der Waals surface area contributed by atoms with Gasteiger partial charge in [0.15, 0.2) is 12.4 Å². The number of Topliss-reactive ketones (excluding diaryl/α,β-unsaturated/α-hetero) is 1. The molecule has 0 amide bonds. The first kappa shape index (κ1) is 16.2. The molecule has 1 heterocycles. The number of esters is 1. The minimum Gasteiger partial charge on any atom is -0.453 e. The van der Waals surface area contributed by atoms with Crippen molar-refractivity contribution in [1.82, 2.24) is 0 Å². The van der Waals surface area contributed by atoms with Crippen molar-refractivity contribution < 1.29 is 14.3 Å². The zero-order chi connectivity index (χ0) is 16.2. The van der Waals surface area contributed by atoms with Crippen molar-refractivity contribution in [1.29, 1.82) is 0 Å². The van der Waals surface area contributed by atoms with E-state index in [-0.39, 0.29) is 12.4 Å². The molecule has 1 aliphatic carbocycles. The number of fused-ring (bicyclic) bond motifs is 1. The quantitative estimate of drug-likeness (QED) is 0.456. The predicted octanol–water partition coefficient (Wildman–Crippen LogP) is 4.71. The minimum atomic E-state index is -0.412. The molecule has 2 aromatic rings. The third-order valence-electron chi connectivity index (χ3n) is 3.95. The number of aryl methyl sites for hydroxylation is 2. The summed E-state index contributed by atoms with van der Waals surface area (Å²) in [5, 5.41) is 0.568. The molecule has 5 heteroatoms. The van der Waals surface area contributed by atoms with E-state index in [9.17, 15) is 9.59 Å². The number of hydrogen-bond acceptors (Lipinski definition) is 4. The standard InChI is InChI=1S/C18H17ClO3S/c19-14-8-6-12(7-9-14)15(20)11-22-18(21)17-10-13-4-2-1-3-5-16(13)23-17/h6-10H,1-5,11H2. The molecule has 1 aliphatic rings. The molecule has 0 unspecified atom stereocenters. The highest BCUT2D eigenvalue weighted by Gasteiger charge is 2.18. The van der Waals surface area contributed by atoms with Gasteiger partial charge in [-0.15, -0.1) is 11.3 Å². The largest absolute Gasteiger partial charge is 0.453 e. The second-order valence-corrected chi connectivity index (χ2v) is 7.20. The number of thiophene rings is 1. The number of halogens is 1. The lowest BCUT2D eigenvalue weighted by atomic mass is 10.1. The number of hydrogen-bond donors (Lipinski definition) is 0. The maximum absolute atomic E-state index is 12.2. The van der Waals surface area contributed by atoms with Gasteiger partial charge in [-0.05, 0) is 61.6 Å². The van der Waals surface area contributed by atoms with Crippen LogP contribution in [0, 0.1) is 0 Å². The lowest BCUT2D eigenvalue weighted by Crippen LogP contribution is -2.13. The van der Waals surface area contributed by atoms with E-state index in [2.05, 4.69) is 0 Å². The lowest BCUT2D eigenvalue weighted by molar-refractivity contribution is 0.0479. The summed E-state index contributed by atoms with van der Waals surface area (Å²) in [6.07, 6.45) is 5.67. The van der Waals surface area contributed by atoms with Crippen LogP contribution >= 0.6 is 22.9 Å². The van der Waals surface area contributed by atoms with Crippen LogP contribution in [0.1, 0.15) is 49.7 Å². The molecule has 0 atom stereocenters. The maximum atomic E-state index is 12.2. The Hall–Kier alpha value is -1.65. The van der Waals surface area contributed by atoms with E-state index in [1.807, 2.05) is 6.07 Å². The fourth-order valence-electron chi connectivity index (χ4n) is 2.69. The maximum Gasteiger partial charge on any atom is 0.348 e. The smallest absolute Gasteiger partial charge is 0.348 e. The van der Waals surface area contributed by atoms with E-state index in [1.54, 1.807) is 24.3 Å². The second-order valence-electron chi connectivity index (χ2n) is 5.63. The van der Waals surface area contributed by atoms with Gasteiger partial charge in [0.1, 0.15) is 4.88 Å². The highest BCUT2D eigenvalue weighted by Crippen LogP contribution is 2.29. The fourth-order valence-corrected chi connectivity index (χ4v) is 3.96. The van der Waals surface area contributed by atoms with E-state index in [0.717, 1.165) is 12.8 Å². The Morgan fingerprint density at radius 3 is 2.61 bits per heavy atom. The first-order valence-corrected chi connectivity index (χ1v) is 8.90. The molecule has 0 saturated carbocycles. The van der Waals surface area contributed by atoms with Gasteiger partial charge >= 0.3 is 5.97 Å². The molecule has 0 saturated heterocycles. The van der Waals surface area contributed by atoms with Crippen LogP contribution in [-0.2, 0) is 17.6 Å². The monoisotopic (exact) mass is 348 g/mol. The van der Waals surface area contributed by atoms with Crippen LogP contribution in [0.5, 0.6) is 0 Å². The average molecular weight is 349 g/mol. The molecule has 1 aromatic carbocycles. The Morgan fingerprint density at radius 2 is 1.83 bits per heavy atom. The summed E-state index contributed by atoms with van der Waals surface area (Å²) in [4.78, 5) is 26.1. The van der Waals surface area contributed by atoms with Crippen molar-refractivity contribution >= 4 is 34.7 Å². The molecular weight excluding hydrogens is 332 g/mol. The van der Waals surface area contributed by atoms with Gasteiger partial charge in [0, 0.05) is 15.5 Å². The molecule has 0 fully saturated rings. The third kappa shape index (κ3) is 4.01. The van der Waals surface area contributed by atoms with Gasteiger partial charge in [0.25, 0.3) is 0 Å². The lowest BCUT2D eigenvalue weighted by Gasteiger charge is -2.03. The number of carbonyl (C=O) groups is 2. The van der Waals surface area contributed by atoms with Crippen LogP contribution in [-0.4, -0.2) is 18.4 Å². The Balaban J connectivity index is 1.61. The first-order valence-electron chi connectivity index (χ1n) is 7.71. The Labute approximate surface area is 144 Å². The fraction of sp³-hybridized carbons (Fsp3) is 0.333. The average Bonchev–Trinajstić information content (AvgIpc) is 2.84. The van der Waals surface area contributed by atoms with E-state index >= 15 is 0 Å². The van der Waals surface area contributed by atoms with Gasteiger partial charge in [0.2, 0.25) is 0 Å². The van der Waals surface area contributed by atoms with E-state index in [0.29, 0.717) is 15.5 Å². The summed E-state index contributed by atoms with van der Waals surface area (Å²) in [7, 11) is 0. The molecule has 3 nitrogen and oxygen atoms in total. The van der Waals surface area contributed by atoms with Crippen LogP contribution in [0.2, 0.25) is 5.02 Å². The SMILES string of the molecule is O=C(COC(=O)c1cc2c(s1)CCCCC2)c1ccc(Cl)cc1. The van der Waals surface area contributed by atoms with E-state index in [4.69, 9.17) is 16.3 Å². The molecule has 0 aliphatic heterocycles. The van der Waals surface area contributed by atoms with E-state index in [1.165, 1.54) is 41.0 Å². The van der Waals surface area contributed by atoms with Crippen molar-refractivity contribution in [3.8, 4) is 0 Å². The summed E-state index contributed by atoms with van der Waals surface area (Å²) >= 11 is 7.29. The normalized spacial score (nSPS) is 14.0. The van der Waals surface area contributed by atoms with Crippen LogP contribution in [0.15, 0.2) is 30.3 Å². The molecule has 0 N–H and O–H groups in total. The van der Waals surface area contributed by atoms with Gasteiger partial charge in [-0.2, -0.15) is 0 Å². The summed E-state index contributed by atoms with van der Waals surface area (Å²) in [5.41, 5.74) is 1.76. The topological polar surface area (TPSA) is 43.4 Å². The van der Waals surface area contributed by atoms with Gasteiger partial charge < -0.3 is 4.74 Å². The Kier molecular flexibility index (Phi) is 5.13. The minimum absolute atomic E-state index is 0.229. The van der Waals surface area contributed by atoms with Gasteiger partial charge in [-0.3, -0.25) is 4.79 Å². The van der Waals surface area contributed by atoms with Crippen LogP contribution < -0.4 is 0 Å². The van der Waals surface area contributed by atoms with Crippen molar-refractivity contribution in [2.75, 3.05) is 6.61 Å². The highest BCUT2D eigenvalue weighted by molar-refractivity contribution is 7.14. The van der Waals surface area contributed by atoms with Crippen molar-refractivity contribution in [3.05, 3.63) is 56.2 Å². The summed E-state index contributed by atoms with van der Waals surface area (Å²) in [6, 6.07) is 8.48. The van der Waals surface area contributed by atoms with E-state index < -0.39 is 5.97 Å². The van der Waals surface area contributed by atoms with Gasteiger partial charge in [0.05, 0.1) is 0 Å². The number of ether oxygens (including phenoxy) is 1. The molecule has 3 rings (SSSR count). The van der Waals surface area contributed by atoms with Crippen LogP contribution in [0.3, 0.4) is 0 Å². The zero-order valence-electron chi connectivity index (χ0n) is 12.6. The summed E-state index contributed by atoms with van der Waals surface area (Å²) in [5.74, 6) is -0.640. The van der Waals surface area contributed by atoms with Gasteiger partial charge in [-0.1, -0.05) is 18.0 Å². The molecule has 120 valence electrons. The second kappa shape index (κ2) is 7.28. The van der Waals surface area contributed by atoms with Crippen LogP contribution in [0.25, 0.3) is 0 Å². The number of carbonyl (C=O) groups excluding carboxylic acids is 2. The molecule has 0 spiro atoms. The van der Waals surface area contributed by atoms with Gasteiger partial charge in [-0.25, -0.2) is 4.79 Å². The molecule has 1 aromatic heterocycles. The van der Waals surface area contributed by atoms with Crippen molar-refractivity contribution in [2.45, 2.75) is 32.1 Å². The molecule has 23 heavy (non-hydrogen) atoms. The Bertz CT molecular complexity index is 695. The number of benzene rings is 1. The molecular formula is C18H17ClO3S. The predicted molar refractivity (Wildman–Crippen MR) is 91.6 cm³/mol. The molecule has 0 bridgehead atoms. The number of ketones is 1. The summed E-state index contributed by atoms with van der Waals surface area (Å²) in [6.45, 7) is -0.247. The highest BCUT2D eigenvalue weighted by atomic mass is 35.5. The zero-order valence-corrected chi connectivity index (χ0v) is 14.2. The Morgan fingerprint density at radius 1 is 1.09 bits per heavy atom. The molecule has 0 radical (unpaired) electrons. The number of rotatable bonds is 4. The van der Waals surface area contributed by atoms with Crippen LogP contribution in [0.4, 0.5) is 0 Å². The first-order chi connectivity index (χ1) is 11.1. The summed E-state index contributed by atoms with van der Waals surface area (Å²) < 4.78 is 5.17.